The molecule has 122 valence electrons. The lowest BCUT2D eigenvalue weighted by molar-refractivity contribution is 0.306. The monoisotopic (exact) mass is 322 g/mol. The Morgan fingerprint density at radius 1 is 1.18 bits per heavy atom. The molecule has 1 aromatic heterocycles. The van der Waals surface area contributed by atoms with E-state index >= 15 is 0 Å². The Bertz CT molecular complexity index is 559. The van der Waals surface area contributed by atoms with Gasteiger partial charge in [0.05, 0.1) is 12.3 Å². The molecule has 0 atom stereocenters. The third-order valence-electron chi connectivity index (χ3n) is 3.90. The number of nitrogens with zero attached hydrogens (tertiary/aromatic N) is 1. The van der Waals surface area contributed by atoms with Crippen LogP contribution in [0.15, 0.2) is 24.3 Å². The van der Waals surface area contributed by atoms with Crippen molar-refractivity contribution in [2.75, 3.05) is 6.61 Å². The molecule has 0 radical (unpaired) electrons. The highest BCUT2D eigenvalue weighted by Crippen LogP contribution is 2.20. The molecule has 0 saturated heterocycles. The Morgan fingerprint density at radius 3 is 2.59 bits per heavy atom. The van der Waals surface area contributed by atoms with Crippen molar-refractivity contribution in [3.8, 4) is 5.75 Å². The smallest absolute Gasteiger partial charge is 0.119 e. The lowest BCUT2D eigenvalue weighted by Crippen LogP contribution is -2.00. The van der Waals surface area contributed by atoms with E-state index < -0.39 is 0 Å². The molecule has 0 aliphatic rings. The average molecular weight is 323 g/mol. The van der Waals surface area contributed by atoms with Crippen LogP contribution in [0, 0.1) is 13.8 Å². The van der Waals surface area contributed by atoms with Gasteiger partial charge in [0, 0.05) is 5.69 Å². The average Bonchev–Trinajstić information content (AvgIpc) is 2.78. The van der Waals surface area contributed by atoms with Crippen LogP contribution >= 0.6 is 12.4 Å². The summed E-state index contributed by atoms with van der Waals surface area (Å²) in [4.78, 5) is 0. The minimum Gasteiger partial charge on any atom is -0.494 e. The zero-order valence-electron chi connectivity index (χ0n) is 14.0. The lowest BCUT2D eigenvalue weighted by atomic mass is 10.0. The predicted octanol–water partition coefficient (Wildman–Crippen LogP) is 4.97. The SMILES string of the molecule is Cc1n[nH]c(C)c1CCCCOc1cccc(C(C)C)c1.Cl. The number of unbranched alkanes of at least 4 members (excludes halogenated alkanes) is 1. The Balaban J connectivity index is 0.00000242. The molecule has 0 saturated carbocycles. The summed E-state index contributed by atoms with van der Waals surface area (Å²) in [6.07, 6.45) is 3.27. The highest BCUT2D eigenvalue weighted by atomic mass is 35.5. The summed E-state index contributed by atoms with van der Waals surface area (Å²) in [7, 11) is 0. The van der Waals surface area contributed by atoms with Crippen LogP contribution in [0.4, 0.5) is 0 Å². The molecule has 0 fully saturated rings. The highest BCUT2D eigenvalue weighted by molar-refractivity contribution is 5.85. The summed E-state index contributed by atoms with van der Waals surface area (Å²) < 4.78 is 5.85. The molecule has 3 nitrogen and oxygen atoms in total. The Labute approximate surface area is 139 Å². The molecule has 4 heteroatoms. The Kier molecular flexibility index (Phi) is 7.46. The van der Waals surface area contributed by atoms with Crippen LogP contribution in [-0.4, -0.2) is 16.8 Å². The first kappa shape index (κ1) is 18.6. The van der Waals surface area contributed by atoms with Gasteiger partial charge in [0.15, 0.2) is 0 Å². The first-order chi connectivity index (χ1) is 10.1. The maximum Gasteiger partial charge on any atom is 0.119 e. The van der Waals surface area contributed by atoms with Gasteiger partial charge in [-0.2, -0.15) is 5.10 Å². The maximum atomic E-state index is 5.85. The summed E-state index contributed by atoms with van der Waals surface area (Å²) in [6.45, 7) is 9.33. The minimum atomic E-state index is 0. The van der Waals surface area contributed by atoms with Gasteiger partial charge in [-0.1, -0.05) is 26.0 Å². The number of H-pyrrole nitrogens is 1. The Hall–Kier alpha value is -1.48. The molecule has 1 aromatic carbocycles. The van der Waals surface area contributed by atoms with Gasteiger partial charge in [0.25, 0.3) is 0 Å². The second-order valence-electron chi connectivity index (χ2n) is 5.95. The van der Waals surface area contributed by atoms with Crippen LogP contribution in [0.5, 0.6) is 5.75 Å². The maximum absolute atomic E-state index is 5.85. The second kappa shape index (κ2) is 8.84. The minimum absolute atomic E-state index is 0. The number of aromatic nitrogens is 2. The summed E-state index contributed by atoms with van der Waals surface area (Å²) in [5.41, 5.74) is 5.00. The van der Waals surface area contributed by atoms with E-state index in [9.17, 15) is 0 Å². The first-order valence-corrected chi connectivity index (χ1v) is 7.81. The van der Waals surface area contributed by atoms with Crippen molar-refractivity contribution in [1.29, 1.82) is 0 Å². The molecule has 0 spiro atoms. The van der Waals surface area contributed by atoms with Crippen molar-refractivity contribution < 1.29 is 4.74 Å². The number of benzene rings is 1. The van der Waals surface area contributed by atoms with Crippen LogP contribution in [0.1, 0.15) is 55.1 Å². The number of aromatic amines is 1. The molecular weight excluding hydrogens is 296 g/mol. The van der Waals surface area contributed by atoms with E-state index in [1.54, 1.807) is 0 Å². The van der Waals surface area contributed by atoms with Crippen LogP contribution < -0.4 is 4.74 Å². The van der Waals surface area contributed by atoms with Crippen LogP contribution in [0.25, 0.3) is 0 Å². The molecular formula is C18H27ClN2O. The van der Waals surface area contributed by atoms with E-state index in [-0.39, 0.29) is 12.4 Å². The van der Waals surface area contributed by atoms with E-state index in [4.69, 9.17) is 4.74 Å². The van der Waals surface area contributed by atoms with E-state index in [1.165, 1.54) is 16.8 Å². The second-order valence-corrected chi connectivity index (χ2v) is 5.95. The summed E-state index contributed by atoms with van der Waals surface area (Å²) in [5, 5.41) is 7.27. The van der Waals surface area contributed by atoms with Crippen molar-refractivity contribution in [2.24, 2.45) is 0 Å². The number of nitrogens with one attached hydrogen (secondary N) is 1. The topological polar surface area (TPSA) is 37.9 Å². The molecule has 0 aliphatic heterocycles. The Morgan fingerprint density at radius 2 is 1.95 bits per heavy atom. The number of halogens is 1. The largest absolute Gasteiger partial charge is 0.494 e. The zero-order chi connectivity index (χ0) is 15.2. The van der Waals surface area contributed by atoms with E-state index in [2.05, 4.69) is 56.1 Å². The first-order valence-electron chi connectivity index (χ1n) is 7.81. The van der Waals surface area contributed by atoms with Gasteiger partial charge in [-0.15, -0.1) is 12.4 Å². The van der Waals surface area contributed by atoms with Crippen molar-refractivity contribution in [1.82, 2.24) is 10.2 Å². The summed E-state index contributed by atoms with van der Waals surface area (Å²) in [5.74, 6) is 1.53. The fraction of sp³-hybridized carbons (Fsp3) is 0.500. The number of hydrogen-bond donors (Lipinski definition) is 1. The molecule has 1 heterocycles. The lowest BCUT2D eigenvalue weighted by Gasteiger charge is -2.10. The molecule has 0 unspecified atom stereocenters. The fourth-order valence-electron chi connectivity index (χ4n) is 2.50. The van der Waals surface area contributed by atoms with Crippen molar-refractivity contribution in [2.45, 2.75) is 52.9 Å². The van der Waals surface area contributed by atoms with Crippen molar-refractivity contribution in [3.63, 3.8) is 0 Å². The van der Waals surface area contributed by atoms with Crippen LogP contribution in [0.2, 0.25) is 0 Å². The predicted molar refractivity (Wildman–Crippen MR) is 94.3 cm³/mol. The van der Waals surface area contributed by atoms with Gasteiger partial charge in [0.1, 0.15) is 5.75 Å². The zero-order valence-corrected chi connectivity index (χ0v) is 14.8. The third kappa shape index (κ3) is 5.06. The van der Waals surface area contributed by atoms with E-state index in [0.29, 0.717) is 5.92 Å². The van der Waals surface area contributed by atoms with E-state index in [1.807, 2.05) is 6.07 Å². The van der Waals surface area contributed by atoms with Crippen LogP contribution in [0.3, 0.4) is 0 Å². The van der Waals surface area contributed by atoms with Gasteiger partial charge in [-0.05, 0) is 62.3 Å². The van der Waals surface area contributed by atoms with Gasteiger partial charge in [0.2, 0.25) is 0 Å². The number of aryl methyl sites for hydroxylation is 2. The van der Waals surface area contributed by atoms with Crippen molar-refractivity contribution >= 4 is 12.4 Å². The van der Waals surface area contributed by atoms with E-state index in [0.717, 1.165) is 37.3 Å². The highest BCUT2D eigenvalue weighted by Gasteiger charge is 2.05. The molecule has 2 rings (SSSR count). The number of hydrogen-bond acceptors (Lipinski definition) is 2. The molecule has 1 N–H and O–H groups in total. The number of rotatable bonds is 7. The molecule has 0 bridgehead atoms. The molecule has 0 amide bonds. The van der Waals surface area contributed by atoms with Crippen molar-refractivity contribution in [3.05, 3.63) is 46.8 Å². The van der Waals surface area contributed by atoms with Crippen LogP contribution in [-0.2, 0) is 6.42 Å². The quantitative estimate of drug-likeness (QED) is 0.730. The number of ether oxygens (including phenoxy) is 1. The van der Waals surface area contributed by atoms with Gasteiger partial charge in [-0.25, -0.2) is 0 Å². The fourth-order valence-corrected chi connectivity index (χ4v) is 2.50. The van der Waals surface area contributed by atoms with Gasteiger partial charge < -0.3 is 4.74 Å². The normalized spacial score (nSPS) is 10.6. The molecule has 0 aliphatic carbocycles. The van der Waals surface area contributed by atoms with Gasteiger partial charge in [-0.3, -0.25) is 5.10 Å². The third-order valence-corrected chi connectivity index (χ3v) is 3.90. The van der Waals surface area contributed by atoms with Gasteiger partial charge >= 0.3 is 0 Å². The standard InChI is InChI=1S/C18H26N2O.ClH/c1-13(2)16-8-7-9-17(12-16)21-11-6-5-10-18-14(3)19-20-15(18)4;/h7-9,12-13H,5-6,10-11H2,1-4H3,(H,19,20);1H. The summed E-state index contributed by atoms with van der Waals surface area (Å²) >= 11 is 0. The molecule has 2 aromatic rings. The molecule has 22 heavy (non-hydrogen) atoms. The summed E-state index contributed by atoms with van der Waals surface area (Å²) in [6, 6.07) is 8.41.